The molecule has 3 aromatic carbocycles. The minimum atomic E-state index is -0.904. The number of carbonyl (C=O) groups is 1. The molecule has 1 heterocycles. The molecule has 6 heteroatoms. The van der Waals surface area contributed by atoms with Gasteiger partial charge in [-0.25, -0.2) is 5.01 Å². The van der Waals surface area contributed by atoms with Gasteiger partial charge in [0, 0.05) is 22.5 Å². The van der Waals surface area contributed by atoms with Crippen LogP contribution in [0.25, 0.3) is 0 Å². The molecule has 0 radical (unpaired) electrons. The van der Waals surface area contributed by atoms with Crippen LogP contribution in [0, 0.1) is 12.8 Å². The highest BCUT2D eigenvalue weighted by Gasteiger charge is 2.53. The van der Waals surface area contributed by atoms with Crippen LogP contribution in [0.15, 0.2) is 77.9 Å². The maximum atomic E-state index is 14.0. The van der Waals surface area contributed by atoms with E-state index in [0.29, 0.717) is 16.6 Å². The third-order valence-corrected chi connectivity index (χ3v) is 7.12. The number of hydrogen-bond donors (Lipinski definition) is 1. The van der Waals surface area contributed by atoms with Crippen LogP contribution in [0.1, 0.15) is 49.8 Å². The summed E-state index contributed by atoms with van der Waals surface area (Å²) in [5.74, 6) is -0.155. The topological polar surface area (TPSA) is 44.7 Å². The van der Waals surface area contributed by atoms with Gasteiger partial charge in [0.2, 0.25) is 5.91 Å². The van der Waals surface area contributed by atoms with Crippen LogP contribution < -0.4 is 10.3 Å². The van der Waals surface area contributed by atoms with Crippen molar-refractivity contribution in [3.8, 4) is 0 Å². The van der Waals surface area contributed by atoms with Gasteiger partial charge in [-0.2, -0.15) is 5.10 Å². The van der Waals surface area contributed by atoms with Gasteiger partial charge in [0.05, 0.1) is 11.4 Å². The molecule has 0 aromatic heterocycles. The number of para-hydroxylation sites is 1. The SMILES string of the molecule is CCCCC1C(c2ccc(C)cc2)=NN(c2ccccc2)C1(C)C(=O)NCc1cc(Cl)cc(Cl)c1. The van der Waals surface area contributed by atoms with E-state index in [4.69, 9.17) is 28.3 Å². The van der Waals surface area contributed by atoms with Crippen LogP contribution in [-0.4, -0.2) is 17.2 Å². The Balaban J connectivity index is 1.73. The largest absolute Gasteiger partial charge is 0.350 e. The first-order valence-electron chi connectivity index (χ1n) is 12.1. The molecule has 0 fully saturated rings. The summed E-state index contributed by atoms with van der Waals surface area (Å²) in [4.78, 5) is 14.0. The molecule has 0 aliphatic carbocycles. The summed E-state index contributed by atoms with van der Waals surface area (Å²) in [6.07, 6.45) is 2.91. The maximum Gasteiger partial charge on any atom is 0.248 e. The number of anilines is 1. The smallest absolute Gasteiger partial charge is 0.248 e. The highest BCUT2D eigenvalue weighted by molar-refractivity contribution is 6.34. The summed E-state index contributed by atoms with van der Waals surface area (Å²) < 4.78 is 0. The summed E-state index contributed by atoms with van der Waals surface area (Å²) in [5.41, 5.74) is 4.03. The quantitative estimate of drug-likeness (QED) is 0.344. The van der Waals surface area contributed by atoms with Crippen LogP contribution in [0.3, 0.4) is 0 Å². The summed E-state index contributed by atoms with van der Waals surface area (Å²) >= 11 is 12.4. The fourth-order valence-electron chi connectivity index (χ4n) is 4.73. The molecule has 4 nitrogen and oxygen atoms in total. The maximum absolute atomic E-state index is 14.0. The van der Waals surface area contributed by atoms with Crippen molar-refractivity contribution >= 4 is 40.5 Å². The third kappa shape index (κ3) is 5.39. The zero-order chi connectivity index (χ0) is 25.0. The van der Waals surface area contributed by atoms with Gasteiger partial charge in [-0.1, -0.05) is 91.0 Å². The summed E-state index contributed by atoms with van der Waals surface area (Å²) in [7, 11) is 0. The lowest BCUT2D eigenvalue weighted by Crippen LogP contribution is -2.57. The monoisotopic (exact) mass is 507 g/mol. The number of nitrogens with one attached hydrogen (secondary N) is 1. The predicted octanol–water partition coefficient (Wildman–Crippen LogP) is 7.41. The average molecular weight is 508 g/mol. The van der Waals surface area contributed by atoms with Gasteiger partial charge in [0.25, 0.3) is 0 Å². The molecule has 2 unspecified atom stereocenters. The Labute approximate surface area is 217 Å². The van der Waals surface area contributed by atoms with Crippen molar-refractivity contribution in [1.29, 1.82) is 0 Å². The molecule has 1 amide bonds. The highest BCUT2D eigenvalue weighted by atomic mass is 35.5. The summed E-state index contributed by atoms with van der Waals surface area (Å²) in [6, 6.07) is 23.7. The molecule has 4 rings (SSSR count). The van der Waals surface area contributed by atoms with Crippen molar-refractivity contribution in [2.45, 2.75) is 52.1 Å². The zero-order valence-electron chi connectivity index (χ0n) is 20.4. The van der Waals surface area contributed by atoms with Crippen LogP contribution in [0.4, 0.5) is 5.69 Å². The van der Waals surface area contributed by atoms with Crippen molar-refractivity contribution < 1.29 is 4.79 Å². The normalized spacial score (nSPS) is 19.5. The lowest BCUT2D eigenvalue weighted by atomic mass is 9.76. The minimum absolute atomic E-state index is 0.0756. The predicted molar refractivity (Wildman–Crippen MR) is 146 cm³/mol. The average Bonchev–Trinajstić information content (AvgIpc) is 3.15. The summed E-state index contributed by atoms with van der Waals surface area (Å²) in [6.45, 7) is 6.58. The van der Waals surface area contributed by atoms with Gasteiger partial charge < -0.3 is 5.32 Å². The Morgan fingerprint density at radius 3 is 2.31 bits per heavy atom. The van der Waals surface area contributed by atoms with E-state index in [2.05, 4.69) is 43.4 Å². The van der Waals surface area contributed by atoms with E-state index in [9.17, 15) is 4.79 Å². The number of aryl methyl sites for hydroxylation is 1. The van der Waals surface area contributed by atoms with Crippen molar-refractivity contribution in [3.63, 3.8) is 0 Å². The molecule has 1 aliphatic heterocycles. The van der Waals surface area contributed by atoms with Crippen LogP contribution >= 0.6 is 23.2 Å². The van der Waals surface area contributed by atoms with Crippen molar-refractivity contribution in [1.82, 2.24) is 5.32 Å². The molecule has 0 spiro atoms. The second-order valence-corrected chi connectivity index (χ2v) is 10.2. The first-order valence-corrected chi connectivity index (χ1v) is 12.8. The number of hydrogen-bond acceptors (Lipinski definition) is 3. The fraction of sp³-hybridized carbons (Fsp3) is 0.310. The lowest BCUT2D eigenvalue weighted by Gasteiger charge is -2.37. The number of halogens is 2. The van der Waals surface area contributed by atoms with Gasteiger partial charge in [-0.15, -0.1) is 0 Å². The fourth-order valence-corrected chi connectivity index (χ4v) is 5.30. The lowest BCUT2D eigenvalue weighted by molar-refractivity contribution is -0.127. The van der Waals surface area contributed by atoms with E-state index in [1.54, 1.807) is 6.07 Å². The molecular weight excluding hydrogens is 477 g/mol. The van der Waals surface area contributed by atoms with Gasteiger partial charge in [-0.3, -0.25) is 4.79 Å². The number of carbonyl (C=O) groups excluding carboxylic acids is 1. The number of unbranched alkanes of at least 4 members (excludes halogenated alkanes) is 1. The standard InChI is InChI=1S/C29H31Cl2N3O/c1-4-5-11-26-27(22-14-12-20(2)13-15-22)33-34(25-9-7-6-8-10-25)29(26,3)28(35)32-19-21-16-23(30)18-24(31)17-21/h6-10,12-18,26H,4-5,11,19H2,1-3H3,(H,32,35). The van der Waals surface area contributed by atoms with Gasteiger partial charge in [0.15, 0.2) is 0 Å². The second kappa shape index (κ2) is 10.8. The first-order chi connectivity index (χ1) is 16.8. The van der Waals surface area contributed by atoms with Gasteiger partial charge >= 0.3 is 0 Å². The molecule has 1 N–H and O–H groups in total. The van der Waals surface area contributed by atoms with E-state index < -0.39 is 5.54 Å². The van der Waals surface area contributed by atoms with Gasteiger partial charge in [0.1, 0.15) is 5.54 Å². The number of rotatable bonds is 8. The Bertz CT molecular complexity index is 1190. The van der Waals surface area contributed by atoms with Gasteiger partial charge in [-0.05, 0) is 61.7 Å². The number of nitrogens with zero attached hydrogens (tertiary/aromatic N) is 2. The minimum Gasteiger partial charge on any atom is -0.350 e. The molecule has 0 saturated heterocycles. The van der Waals surface area contributed by atoms with Crippen molar-refractivity contribution in [2.75, 3.05) is 5.01 Å². The molecule has 2 atom stereocenters. The molecule has 0 saturated carbocycles. The van der Waals surface area contributed by atoms with Crippen LogP contribution in [0.5, 0.6) is 0 Å². The Morgan fingerprint density at radius 1 is 1.03 bits per heavy atom. The molecule has 0 bridgehead atoms. The highest BCUT2D eigenvalue weighted by Crippen LogP contribution is 2.41. The summed E-state index contributed by atoms with van der Waals surface area (Å²) in [5, 5.41) is 11.2. The van der Waals surface area contributed by atoms with Crippen LogP contribution in [0.2, 0.25) is 10.0 Å². The molecule has 35 heavy (non-hydrogen) atoms. The van der Waals surface area contributed by atoms with E-state index in [-0.39, 0.29) is 11.8 Å². The van der Waals surface area contributed by atoms with E-state index in [1.165, 1.54) is 5.56 Å². The van der Waals surface area contributed by atoms with Crippen LogP contribution in [-0.2, 0) is 11.3 Å². The van der Waals surface area contributed by atoms with E-state index >= 15 is 0 Å². The third-order valence-electron chi connectivity index (χ3n) is 6.69. The molecule has 182 valence electrons. The number of amides is 1. The second-order valence-electron chi connectivity index (χ2n) is 9.30. The molecule has 3 aromatic rings. The zero-order valence-corrected chi connectivity index (χ0v) is 21.9. The number of benzene rings is 3. The van der Waals surface area contributed by atoms with Crippen molar-refractivity contribution in [3.05, 3.63) is 99.5 Å². The first kappa shape index (κ1) is 25.3. The van der Waals surface area contributed by atoms with E-state index in [0.717, 1.165) is 41.8 Å². The number of hydrazone groups is 1. The van der Waals surface area contributed by atoms with Crippen molar-refractivity contribution in [2.24, 2.45) is 11.0 Å². The van der Waals surface area contributed by atoms with E-state index in [1.807, 2.05) is 54.4 Å². The Morgan fingerprint density at radius 2 is 1.69 bits per heavy atom. The molecule has 1 aliphatic rings. The Hall–Kier alpha value is -2.82. The Kier molecular flexibility index (Phi) is 7.83. The molecular formula is C29H31Cl2N3O.